The molecular weight excluding hydrogens is 977 g/mol. The third-order valence-electron chi connectivity index (χ3n) is 14.6. The Morgan fingerprint density at radius 2 is 1.05 bits per heavy atom. The Morgan fingerprint density at radius 1 is 0.456 bits per heavy atom. The monoisotopic (exact) mass is 1050 g/mol. The number of rotatable bonds is 9. The van der Waals surface area contributed by atoms with Crippen LogP contribution in [0.1, 0.15) is 37.1 Å². The minimum atomic E-state index is -5.76. The summed E-state index contributed by atoms with van der Waals surface area (Å²) < 4.78 is 224. The summed E-state index contributed by atoms with van der Waals surface area (Å²) >= 11 is 0. The molecule has 0 N–H and O–H groups in total. The number of hydrogen-bond acceptors (Lipinski definition) is 2. The minimum absolute atomic E-state index is 0.0845. The van der Waals surface area contributed by atoms with Crippen LogP contribution in [0.15, 0.2) is 291 Å². The Labute approximate surface area is 492 Å². The van der Waals surface area contributed by atoms with E-state index < -0.39 is 151 Å². The molecule has 0 fully saturated rings. The van der Waals surface area contributed by atoms with Gasteiger partial charge >= 0.3 is 0 Å². The SMILES string of the molecule is [2H]c1c([2H])c([2H])c(-c2cccc3c2-[n+]2cn(-c4cccc(Oc5ccc6c7ccccc7n(-c7cc(C([2H])([2H])[2H])ccn7)c6c5)c4)c4cccc(c42)-c2ccccc2-c2ccc([Si](c4c([2H])c([2H])c([2H])c([2H])c4[2H])(c4c([2H])c([2H])c([2H])c([2H])c4[2H])c4c([2H])c([2H])c([2H])c([2H])c4[2H])cc2-3)c([2H])c1[2H]. The van der Waals surface area contributed by atoms with Crippen molar-refractivity contribution >= 4 is 61.7 Å². The fourth-order valence-corrected chi connectivity index (χ4v) is 15.2. The molecule has 1 aliphatic rings. The number of benzene rings is 11. The molecule has 0 atom stereocenters. The molecule has 0 radical (unpaired) electrons. The first-order valence-electron chi connectivity index (χ1n) is 36.6. The average Bonchev–Trinajstić information content (AvgIpc) is 0.816. The molecule has 14 aromatic rings. The summed E-state index contributed by atoms with van der Waals surface area (Å²) in [6.45, 7) is -2.41. The summed E-state index contributed by atoms with van der Waals surface area (Å²) in [5.74, 6) is 1.17. The lowest BCUT2D eigenvalue weighted by molar-refractivity contribution is -0.566. The quantitative estimate of drug-likeness (QED) is 0.0820. The van der Waals surface area contributed by atoms with E-state index in [1.54, 1.807) is 54.9 Å². The van der Waals surface area contributed by atoms with Gasteiger partial charge in [-0.1, -0.05) is 212 Å². The highest BCUT2D eigenvalue weighted by molar-refractivity contribution is 7.20. The number of aryl methyl sites for hydroxylation is 1. The van der Waals surface area contributed by atoms with Crippen LogP contribution < -0.4 is 30.1 Å². The van der Waals surface area contributed by atoms with Crippen LogP contribution in [0.25, 0.3) is 94.5 Å². The first kappa shape index (κ1) is 28.3. The Morgan fingerprint density at radius 3 is 1.80 bits per heavy atom. The predicted octanol–water partition coefficient (Wildman–Crippen LogP) is 14.9. The van der Waals surface area contributed by atoms with Crippen molar-refractivity contribution in [3.63, 3.8) is 0 Å². The number of ether oxygens (including phenoxy) is 1. The molecule has 0 spiro atoms. The van der Waals surface area contributed by atoms with Crippen molar-refractivity contribution in [2.75, 3.05) is 0 Å². The maximum atomic E-state index is 9.86. The summed E-state index contributed by atoms with van der Waals surface area (Å²) in [4.78, 5) is 4.62. The fourth-order valence-electron chi connectivity index (χ4n) is 11.4. The Balaban J connectivity index is 1.04. The number of hydrogen-bond donors (Lipinski definition) is 0. The van der Waals surface area contributed by atoms with Gasteiger partial charge in [-0.3, -0.25) is 4.57 Å². The molecule has 11 aromatic carbocycles. The van der Waals surface area contributed by atoms with E-state index in [-0.39, 0.29) is 38.7 Å². The van der Waals surface area contributed by atoms with Crippen LogP contribution in [-0.4, -0.2) is 22.2 Å². The standard InChI is InChI=1S/C73H51N4OSi/c1-50-43-44-74-71(45-50)77-68-37-17-16-33-63(68)64-41-39-54(47-70(64)77)78-53-24-18-23-52(46-53)75-49-76-72-59(51-21-6-2-7-22-51)34-19-35-66(72)67-48-58(40-42-62(67)60-31-14-15-32-61(60)65-36-20-38-69(75)73(65)76)79(55-25-8-3-9-26-55,56-27-10-4-11-28-56)57-29-12-5-13-30-57/h2-49H,1H3/q+1/i1D3,2D,3D,4D,5D,6D,7D,8D,9D,10D,11D,12D,13D,21D,22D,25D,26D,27D,28D,29D,30D. The Bertz CT molecular complexity index is 5740. The van der Waals surface area contributed by atoms with Crippen LogP contribution in [0.2, 0.25) is 0 Å². The van der Waals surface area contributed by atoms with E-state index in [2.05, 4.69) is 4.98 Å². The molecule has 0 bridgehead atoms. The smallest absolute Gasteiger partial charge is 0.255 e. The van der Waals surface area contributed by atoms with Gasteiger partial charge in [0.15, 0.2) is 19.1 Å². The van der Waals surface area contributed by atoms with Crippen molar-refractivity contribution in [1.29, 1.82) is 0 Å². The van der Waals surface area contributed by atoms with Crippen molar-refractivity contribution in [1.82, 2.24) is 14.1 Å². The van der Waals surface area contributed by atoms with Crippen LogP contribution in [0.5, 0.6) is 11.5 Å². The van der Waals surface area contributed by atoms with Crippen LogP contribution in [0, 0.1) is 6.85 Å². The summed E-state index contributed by atoms with van der Waals surface area (Å²) in [6, 6.07) is 28.8. The second-order valence-electron chi connectivity index (χ2n) is 18.8. The van der Waals surface area contributed by atoms with E-state index >= 15 is 0 Å². The van der Waals surface area contributed by atoms with Gasteiger partial charge in [0.1, 0.15) is 28.7 Å². The van der Waals surface area contributed by atoms with Crippen LogP contribution in [0.4, 0.5) is 0 Å². The largest absolute Gasteiger partial charge is 0.457 e. The molecule has 5 nitrogen and oxygen atoms in total. The van der Waals surface area contributed by atoms with Crippen molar-refractivity contribution < 1.29 is 40.8 Å². The second-order valence-corrected chi connectivity index (χ2v) is 22.4. The average molecular weight is 1050 g/mol. The molecule has 0 amide bonds. The number of fused-ring (bicyclic) bond motifs is 10. The van der Waals surface area contributed by atoms with E-state index in [1.807, 2.05) is 105 Å². The fraction of sp³-hybridized carbons (Fsp3) is 0.0137. The van der Waals surface area contributed by atoms with Crippen molar-refractivity contribution in [3.8, 4) is 73.2 Å². The molecule has 372 valence electrons. The molecular formula is C73H51N4OSi+. The van der Waals surface area contributed by atoms with E-state index in [4.69, 9.17) is 17.1 Å². The zero-order chi connectivity index (χ0) is 72.3. The number of imidazole rings is 1. The lowest BCUT2D eigenvalue weighted by Crippen LogP contribution is -2.74. The molecule has 3 aromatic heterocycles. The summed E-state index contributed by atoms with van der Waals surface area (Å²) in [5.41, 5.74) is 5.79. The zero-order valence-electron chi connectivity index (χ0n) is 64.4. The number of nitrogens with zero attached hydrogens (tertiary/aromatic N) is 4. The maximum Gasteiger partial charge on any atom is 0.255 e. The highest BCUT2D eigenvalue weighted by Gasteiger charge is 2.42. The highest BCUT2D eigenvalue weighted by atomic mass is 28.3. The Kier molecular flexibility index (Phi) is 6.75. The molecule has 79 heavy (non-hydrogen) atoms. The molecule has 4 heterocycles. The highest BCUT2D eigenvalue weighted by Crippen LogP contribution is 2.45. The molecule has 0 aliphatic carbocycles. The summed E-state index contributed by atoms with van der Waals surface area (Å²) in [5, 5.41) is -0.547. The van der Waals surface area contributed by atoms with Gasteiger partial charge in [-0.15, -0.1) is 0 Å². The normalized spacial score (nSPS) is 16.1. The summed E-state index contributed by atoms with van der Waals surface area (Å²) in [7, 11) is -5.76. The molecule has 15 rings (SSSR count). The van der Waals surface area contributed by atoms with Gasteiger partial charge in [0, 0.05) is 49.9 Å². The van der Waals surface area contributed by atoms with E-state index in [9.17, 15) is 19.2 Å². The topological polar surface area (TPSA) is 35.9 Å². The molecule has 1 aliphatic heterocycles. The second kappa shape index (κ2) is 18.8. The maximum absolute atomic E-state index is 9.86. The predicted molar refractivity (Wildman–Crippen MR) is 327 cm³/mol. The van der Waals surface area contributed by atoms with Crippen molar-refractivity contribution in [2.24, 2.45) is 0 Å². The number of aromatic nitrogens is 4. The lowest BCUT2D eigenvalue weighted by Gasteiger charge is -2.35. The van der Waals surface area contributed by atoms with Gasteiger partial charge in [-0.05, 0) is 116 Å². The van der Waals surface area contributed by atoms with Gasteiger partial charge in [-0.25, -0.2) is 4.98 Å². The first-order chi connectivity index (χ1) is 48.6. The third-order valence-corrected chi connectivity index (χ3v) is 18.8. The van der Waals surface area contributed by atoms with Gasteiger partial charge in [-0.2, -0.15) is 9.13 Å². The van der Waals surface area contributed by atoms with Gasteiger partial charge in [0.25, 0.3) is 6.33 Å². The van der Waals surface area contributed by atoms with E-state index in [0.29, 0.717) is 61.8 Å². The van der Waals surface area contributed by atoms with Crippen LogP contribution >= 0.6 is 0 Å². The Hall–Kier alpha value is -10.1. The van der Waals surface area contributed by atoms with E-state index in [0.717, 1.165) is 16.3 Å². The van der Waals surface area contributed by atoms with Crippen LogP contribution in [0.3, 0.4) is 0 Å². The van der Waals surface area contributed by atoms with Crippen LogP contribution in [-0.2, 0) is 0 Å². The minimum Gasteiger partial charge on any atom is -0.457 e. The molecule has 0 saturated heterocycles. The molecule has 6 heteroatoms. The first-order valence-corrected chi connectivity index (χ1v) is 27.1. The zero-order valence-corrected chi connectivity index (χ0v) is 42.4. The third kappa shape index (κ3) is 7.52. The van der Waals surface area contributed by atoms with E-state index in [1.165, 1.54) is 24.4 Å². The van der Waals surface area contributed by atoms with Gasteiger partial charge in [0.05, 0.1) is 38.4 Å². The van der Waals surface area contributed by atoms with Crippen molar-refractivity contribution in [2.45, 2.75) is 6.85 Å². The van der Waals surface area contributed by atoms with Crippen molar-refractivity contribution in [3.05, 3.63) is 297 Å². The summed E-state index contributed by atoms with van der Waals surface area (Å²) in [6.07, 6.45) is 3.23. The van der Waals surface area contributed by atoms with Gasteiger partial charge < -0.3 is 4.74 Å². The molecule has 0 saturated carbocycles. The lowest BCUT2D eigenvalue weighted by atomic mass is 9.88. The van der Waals surface area contributed by atoms with Gasteiger partial charge in [0.2, 0.25) is 0 Å². The number of pyridine rings is 1. The number of para-hydroxylation sites is 3. The molecule has 0 unspecified atom stereocenters.